The van der Waals surface area contributed by atoms with Gasteiger partial charge in [0.2, 0.25) is 0 Å². The zero-order valence-corrected chi connectivity index (χ0v) is 13.4. The molecule has 0 aromatic heterocycles. The fraction of sp³-hybridized carbons (Fsp3) is 0.143. The molecule has 0 aliphatic heterocycles. The molecule has 4 nitrogen and oxygen atoms in total. The van der Waals surface area contributed by atoms with Crippen molar-refractivity contribution in [3.8, 4) is 5.75 Å². The highest BCUT2D eigenvalue weighted by Gasteiger charge is 2.13. The minimum atomic E-state index is -3.34. The Bertz CT molecular complexity index is 776. The van der Waals surface area contributed by atoms with Crippen molar-refractivity contribution in [3.05, 3.63) is 52.0 Å². The van der Waals surface area contributed by atoms with Crippen molar-refractivity contribution < 1.29 is 13.5 Å². The van der Waals surface area contributed by atoms with Gasteiger partial charge in [-0.2, -0.15) is 0 Å². The first-order chi connectivity index (χ1) is 9.79. The first kappa shape index (κ1) is 15.9. The Balaban J connectivity index is 2.30. The molecule has 0 bridgehead atoms. The van der Waals surface area contributed by atoms with E-state index in [1.54, 1.807) is 24.3 Å². The molecule has 0 aliphatic carbocycles. The average molecular weight is 346 g/mol. The summed E-state index contributed by atoms with van der Waals surface area (Å²) < 4.78 is 23.4. The number of para-hydroxylation sites is 1. The highest BCUT2D eigenvalue weighted by Crippen LogP contribution is 2.32. The van der Waals surface area contributed by atoms with Crippen molar-refractivity contribution in [2.24, 2.45) is 0 Å². The van der Waals surface area contributed by atoms with Crippen LogP contribution in [0.2, 0.25) is 10.0 Å². The van der Waals surface area contributed by atoms with E-state index in [4.69, 9.17) is 23.2 Å². The molecule has 0 amide bonds. The monoisotopic (exact) mass is 345 g/mol. The highest BCUT2D eigenvalue weighted by molar-refractivity contribution is 7.90. The Morgan fingerprint density at radius 1 is 1.19 bits per heavy atom. The minimum absolute atomic E-state index is 0.0783. The van der Waals surface area contributed by atoms with Crippen LogP contribution < -0.4 is 5.32 Å². The predicted molar refractivity (Wildman–Crippen MR) is 85.0 cm³/mol. The van der Waals surface area contributed by atoms with Gasteiger partial charge in [0, 0.05) is 23.4 Å². The van der Waals surface area contributed by atoms with E-state index in [9.17, 15) is 13.5 Å². The van der Waals surface area contributed by atoms with Gasteiger partial charge in [0.1, 0.15) is 5.75 Å². The minimum Gasteiger partial charge on any atom is -0.506 e. The molecule has 112 valence electrons. The van der Waals surface area contributed by atoms with Gasteiger partial charge in [-0.25, -0.2) is 8.42 Å². The zero-order valence-electron chi connectivity index (χ0n) is 11.1. The summed E-state index contributed by atoms with van der Waals surface area (Å²) in [6.45, 7) is 0.193. The summed E-state index contributed by atoms with van der Waals surface area (Å²) in [6.07, 6.45) is 1.14. The number of benzene rings is 2. The predicted octanol–water partition coefficient (Wildman–Crippen LogP) is 3.71. The van der Waals surface area contributed by atoms with Crippen LogP contribution >= 0.6 is 23.2 Å². The van der Waals surface area contributed by atoms with Crippen LogP contribution in [0.1, 0.15) is 5.56 Å². The maximum atomic E-state index is 11.7. The van der Waals surface area contributed by atoms with Crippen molar-refractivity contribution >= 4 is 38.7 Å². The number of sulfone groups is 1. The summed E-state index contributed by atoms with van der Waals surface area (Å²) in [4.78, 5) is 0.192. The smallest absolute Gasteiger partial charge is 0.177 e. The number of hydrogen-bond acceptors (Lipinski definition) is 4. The Morgan fingerprint density at radius 3 is 2.52 bits per heavy atom. The van der Waals surface area contributed by atoms with Gasteiger partial charge in [-0.1, -0.05) is 35.3 Å². The van der Waals surface area contributed by atoms with Gasteiger partial charge >= 0.3 is 0 Å². The fourth-order valence-corrected chi connectivity index (χ4v) is 3.28. The molecule has 0 heterocycles. The largest absolute Gasteiger partial charge is 0.506 e. The molecule has 7 heteroatoms. The second-order valence-corrected chi connectivity index (χ2v) is 7.35. The Hall–Kier alpha value is -1.43. The lowest BCUT2D eigenvalue weighted by Crippen LogP contribution is -2.06. The van der Waals surface area contributed by atoms with Crippen molar-refractivity contribution in [3.63, 3.8) is 0 Å². The molecule has 0 saturated heterocycles. The second-order valence-electron chi connectivity index (χ2n) is 4.52. The zero-order chi connectivity index (χ0) is 15.6. The Labute approximate surface area is 133 Å². The molecule has 0 spiro atoms. The van der Waals surface area contributed by atoms with E-state index in [0.717, 1.165) is 6.26 Å². The van der Waals surface area contributed by atoms with Gasteiger partial charge in [-0.05, 0) is 24.3 Å². The van der Waals surface area contributed by atoms with Crippen LogP contribution in [0.3, 0.4) is 0 Å². The lowest BCUT2D eigenvalue weighted by atomic mass is 10.2. The summed E-state index contributed by atoms with van der Waals surface area (Å²) in [5.41, 5.74) is 0.936. The Morgan fingerprint density at radius 2 is 1.86 bits per heavy atom. The number of aromatic hydroxyl groups is 1. The maximum absolute atomic E-state index is 11.7. The van der Waals surface area contributed by atoms with Crippen LogP contribution in [0, 0.1) is 0 Å². The Kier molecular flexibility index (Phi) is 4.66. The molecular formula is C14H13Cl2NO3S. The summed E-state index contributed by atoms with van der Waals surface area (Å²) in [6, 6.07) is 9.55. The number of phenols is 1. The number of hydrogen-bond donors (Lipinski definition) is 2. The van der Waals surface area contributed by atoms with Gasteiger partial charge in [-0.15, -0.1) is 0 Å². The number of anilines is 1. The molecule has 2 rings (SSSR count). The van der Waals surface area contributed by atoms with Crippen LogP contribution in [0.5, 0.6) is 5.75 Å². The number of phenolic OH excluding ortho intramolecular Hbond substituents is 1. The van der Waals surface area contributed by atoms with E-state index < -0.39 is 9.84 Å². The lowest BCUT2D eigenvalue weighted by Gasteiger charge is -2.12. The van der Waals surface area contributed by atoms with E-state index in [-0.39, 0.29) is 22.2 Å². The van der Waals surface area contributed by atoms with Gasteiger partial charge in [0.15, 0.2) is 9.84 Å². The van der Waals surface area contributed by atoms with Crippen molar-refractivity contribution in [1.82, 2.24) is 0 Å². The summed E-state index contributed by atoms with van der Waals surface area (Å²) in [7, 11) is -3.34. The lowest BCUT2D eigenvalue weighted by molar-refractivity contribution is 0.469. The highest BCUT2D eigenvalue weighted by atomic mass is 35.5. The summed E-state index contributed by atoms with van der Waals surface area (Å²) in [5, 5.41) is 13.4. The van der Waals surface area contributed by atoms with Crippen LogP contribution in [0.4, 0.5) is 5.69 Å². The molecule has 2 aromatic carbocycles. The van der Waals surface area contributed by atoms with E-state index in [1.165, 1.54) is 12.1 Å². The van der Waals surface area contributed by atoms with Gasteiger partial charge < -0.3 is 10.4 Å². The van der Waals surface area contributed by atoms with E-state index >= 15 is 0 Å². The van der Waals surface area contributed by atoms with Crippen LogP contribution in [-0.2, 0) is 16.4 Å². The molecular weight excluding hydrogens is 333 g/mol. The van der Waals surface area contributed by atoms with Gasteiger partial charge in [-0.3, -0.25) is 0 Å². The van der Waals surface area contributed by atoms with Crippen LogP contribution in [0.25, 0.3) is 0 Å². The number of nitrogens with one attached hydrogen (secondary N) is 1. The fourth-order valence-electron chi connectivity index (χ4n) is 1.88. The molecule has 0 aliphatic rings. The molecule has 0 saturated carbocycles. The van der Waals surface area contributed by atoms with Gasteiger partial charge in [0.05, 0.1) is 15.6 Å². The molecule has 2 N–H and O–H groups in total. The van der Waals surface area contributed by atoms with Crippen molar-refractivity contribution in [1.29, 1.82) is 0 Å². The first-order valence-corrected chi connectivity index (χ1v) is 8.63. The SMILES string of the molecule is CS(=O)(=O)c1ccccc1NCc1cc(Cl)cc(Cl)c1O. The normalized spacial score (nSPS) is 11.4. The first-order valence-electron chi connectivity index (χ1n) is 5.99. The standard InChI is InChI=1S/C14H13Cl2NO3S/c1-21(19,20)13-5-3-2-4-12(13)17-8-9-6-10(15)7-11(16)14(9)18/h2-7,17-18H,8H2,1H3. The maximum Gasteiger partial charge on any atom is 0.177 e. The van der Waals surface area contributed by atoms with Gasteiger partial charge in [0.25, 0.3) is 0 Å². The molecule has 0 unspecified atom stereocenters. The molecule has 21 heavy (non-hydrogen) atoms. The third kappa shape index (κ3) is 3.81. The second kappa shape index (κ2) is 6.13. The van der Waals surface area contributed by atoms with E-state index in [2.05, 4.69) is 5.32 Å². The molecule has 0 atom stereocenters. The average Bonchev–Trinajstić information content (AvgIpc) is 2.40. The number of halogens is 2. The topological polar surface area (TPSA) is 66.4 Å². The molecule has 2 aromatic rings. The third-order valence-electron chi connectivity index (χ3n) is 2.86. The van der Waals surface area contributed by atoms with Crippen LogP contribution in [-0.4, -0.2) is 19.8 Å². The summed E-state index contributed by atoms with van der Waals surface area (Å²) in [5.74, 6) is -0.0783. The molecule has 0 fully saturated rings. The summed E-state index contributed by atoms with van der Waals surface area (Å²) >= 11 is 11.7. The van der Waals surface area contributed by atoms with E-state index in [1.807, 2.05) is 0 Å². The molecule has 0 radical (unpaired) electrons. The van der Waals surface area contributed by atoms with Crippen molar-refractivity contribution in [2.45, 2.75) is 11.4 Å². The van der Waals surface area contributed by atoms with E-state index in [0.29, 0.717) is 16.3 Å². The number of rotatable bonds is 4. The van der Waals surface area contributed by atoms with Crippen LogP contribution in [0.15, 0.2) is 41.3 Å². The van der Waals surface area contributed by atoms with Crippen molar-refractivity contribution in [2.75, 3.05) is 11.6 Å². The third-order valence-corrected chi connectivity index (χ3v) is 4.52. The quantitative estimate of drug-likeness (QED) is 0.886.